The Hall–Kier alpha value is -1.11. The Morgan fingerprint density at radius 3 is 2.41 bits per heavy atom. The van der Waals surface area contributed by atoms with Crippen LogP contribution in [0.1, 0.15) is 32.8 Å². The first-order valence-electron chi connectivity index (χ1n) is 6.95. The van der Waals surface area contributed by atoms with Gasteiger partial charge in [-0.2, -0.15) is 4.31 Å². The molecule has 7 heteroatoms. The molecule has 0 fully saturated rings. The van der Waals surface area contributed by atoms with E-state index in [1.54, 1.807) is 39.0 Å². The van der Waals surface area contributed by atoms with Gasteiger partial charge in [0.1, 0.15) is 0 Å². The number of nitrogens with zero attached hydrogens (tertiary/aromatic N) is 1. The second-order valence-electron chi connectivity index (χ2n) is 6.22. The largest absolute Gasteiger partial charge is 0.326 e. The molecule has 0 radical (unpaired) electrons. The SMILES string of the molecule is Cc1c(Cl)cccc1NC(=O)CCN(C(C)(C)C)S(C)(=O)=O. The average molecular weight is 347 g/mol. The van der Waals surface area contributed by atoms with Crippen molar-refractivity contribution in [3.8, 4) is 0 Å². The lowest BCUT2D eigenvalue weighted by molar-refractivity contribution is -0.116. The molecule has 0 heterocycles. The van der Waals surface area contributed by atoms with Crippen LogP contribution >= 0.6 is 11.6 Å². The number of halogens is 1. The van der Waals surface area contributed by atoms with Crippen LogP contribution < -0.4 is 5.32 Å². The maximum atomic E-state index is 12.1. The maximum Gasteiger partial charge on any atom is 0.225 e. The lowest BCUT2D eigenvalue weighted by Crippen LogP contribution is -2.46. The number of nitrogens with one attached hydrogen (secondary N) is 1. The van der Waals surface area contributed by atoms with Gasteiger partial charge in [0.25, 0.3) is 0 Å². The fourth-order valence-corrected chi connectivity index (χ4v) is 3.75. The second-order valence-corrected chi connectivity index (χ2v) is 8.53. The summed E-state index contributed by atoms with van der Waals surface area (Å²) in [7, 11) is -3.37. The lowest BCUT2D eigenvalue weighted by atomic mass is 10.1. The fourth-order valence-electron chi connectivity index (χ4n) is 2.16. The van der Waals surface area contributed by atoms with E-state index in [0.717, 1.165) is 11.8 Å². The summed E-state index contributed by atoms with van der Waals surface area (Å²) in [6, 6.07) is 5.26. The van der Waals surface area contributed by atoms with Crippen LogP contribution in [0.2, 0.25) is 5.02 Å². The normalized spacial score (nSPS) is 12.5. The quantitative estimate of drug-likeness (QED) is 0.891. The number of hydrogen-bond donors (Lipinski definition) is 1. The van der Waals surface area contributed by atoms with Gasteiger partial charge in [0.05, 0.1) is 6.26 Å². The van der Waals surface area contributed by atoms with Crippen molar-refractivity contribution in [2.24, 2.45) is 0 Å². The zero-order valence-corrected chi connectivity index (χ0v) is 15.2. The number of carbonyl (C=O) groups is 1. The lowest BCUT2D eigenvalue weighted by Gasteiger charge is -2.33. The Bertz CT molecular complexity index is 651. The van der Waals surface area contributed by atoms with Gasteiger partial charge in [0.15, 0.2) is 0 Å². The van der Waals surface area contributed by atoms with Crippen molar-refractivity contribution in [2.75, 3.05) is 18.1 Å². The van der Waals surface area contributed by atoms with Gasteiger partial charge < -0.3 is 5.32 Å². The second kappa shape index (κ2) is 6.98. The summed E-state index contributed by atoms with van der Waals surface area (Å²) in [6.07, 6.45) is 1.23. The van der Waals surface area contributed by atoms with Crippen LogP contribution in [-0.2, 0) is 14.8 Å². The predicted octanol–water partition coefficient (Wildman–Crippen LogP) is 3.04. The summed E-state index contributed by atoms with van der Waals surface area (Å²) < 4.78 is 25.0. The van der Waals surface area contributed by atoms with Gasteiger partial charge in [-0.05, 0) is 45.4 Å². The van der Waals surface area contributed by atoms with E-state index in [1.165, 1.54) is 4.31 Å². The van der Waals surface area contributed by atoms with Gasteiger partial charge in [-0.25, -0.2) is 8.42 Å². The third kappa shape index (κ3) is 5.26. The van der Waals surface area contributed by atoms with E-state index in [4.69, 9.17) is 11.6 Å². The Morgan fingerprint density at radius 2 is 1.91 bits per heavy atom. The van der Waals surface area contributed by atoms with Crippen LogP contribution in [0.15, 0.2) is 18.2 Å². The molecular formula is C15H23ClN2O3S. The van der Waals surface area contributed by atoms with Crippen LogP contribution in [0.3, 0.4) is 0 Å². The smallest absolute Gasteiger partial charge is 0.225 e. The highest BCUT2D eigenvalue weighted by atomic mass is 35.5. The number of anilines is 1. The summed E-state index contributed by atoms with van der Waals surface area (Å²) in [5, 5.41) is 3.34. The van der Waals surface area contributed by atoms with E-state index in [-0.39, 0.29) is 18.9 Å². The molecule has 5 nitrogen and oxygen atoms in total. The molecule has 0 spiro atoms. The summed E-state index contributed by atoms with van der Waals surface area (Å²) in [5.41, 5.74) is 0.854. The van der Waals surface area contributed by atoms with Crippen molar-refractivity contribution in [2.45, 2.75) is 39.7 Å². The highest BCUT2D eigenvalue weighted by Gasteiger charge is 2.29. The molecule has 1 aromatic rings. The van der Waals surface area contributed by atoms with Crippen molar-refractivity contribution in [3.63, 3.8) is 0 Å². The van der Waals surface area contributed by atoms with Gasteiger partial charge in [0, 0.05) is 29.2 Å². The number of carbonyl (C=O) groups excluding carboxylic acids is 1. The Kier molecular flexibility index (Phi) is 6.01. The molecule has 22 heavy (non-hydrogen) atoms. The van der Waals surface area contributed by atoms with Crippen LogP contribution in [0.4, 0.5) is 5.69 Å². The third-order valence-electron chi connectivity index (χ3n) is 3.23. The van der Waals surface area contributed by atoms with Crippen LogP contribution in [0.5, 0.6) is 0 Å². The Balaban J connectivity index is 2.75. The first kappa shape index (κ1) is 18.9. The number of hydrogen-bond acceptors (Lipinski definition) is 3. The topological polar surface area (TPSA) is 66.5 Å². The van der Waals surface area contributed by atoms with Gasteiger partial charge in [-0.1, -0.05) is 17.7 Å². The minimum atomic E-state index is -3.37. The maximum absolute atomic E-state index is 12.1. The predicted molar refractivity (Wildman–Crippen MR) is 90.7 cm³/mol. The molecule has 0 unspecified atom stereocenters. The van der Waals surface area contributed by atoms with Crippen molar-refractivity contribution in [1.82, 2.24) is 4.31 Å². The highest BCUT2D eigenvalue weighted by molar-refractivity contribution is 7.88. The zero-order chi connectivity index (χ0) is 17.1. The summed E-state index contributed by atoms with van der Waals surface area (Å²) in [6.45, 7) is 7.34. The molecule has 1 aromatic carbocycles. The molecule has 1 rings (SSSR count). The molecule has 1 amide bonds. The number of benzene rings is 1. The third-order valence-corrected chi connectivity index (χ3v) is 5.17. The van der Waals surface area contributed by atoms with Crippen molar-refractivity contribution >= 4 is 33.2 Å². The minimum Gasteiger partial charge on any atom is -0.326 e. The zero-order valence-electron chi connectivity index (χ0n) is 13.6. The summed E-state index contributed by atoms with van der Waals surface area (Å²) in [5.74, 6) is -0.247. The molecule has 0 atom stereocenters. The fraction of sp³-hybridized carbons (Fsp3) is 0.533. The van der Waals surface area contributed by atoms with E-state index in [0.29, 0.717) is 10.7 Å². The molecule has 0 saturated heterocycles. The molecule has 1 N–H and O–H groups in total. The van der Waals surface area contributed by atoms with E-state index in [2.05, 4.69) is 5.32 Å². The van der Waals surface area contributed by atoms with E-state index >= 15 is 0 Å². The molecule has 0 aromatic heterocycles. The van der Waals surface area contributed by atoms with Gasteiger partial charge >= 0.3 is 0 Å². The Labute approximate surface area is 137 Å². The molecule has 124 valence electrons. The number of amides is 1. The van der Waals surface area contributed by atoms with Gasteiger partial charge in [0.2, 0.25) is 15.9 Å². The van der Waals surface area contributed by atoms with Crippen molar-refractivity contribution in [1.29, 1.82) is 0 Å². The van der Waals surface area contributed by atoms with Crippen LogP contribution in [0, 0.1) is 6.92 Å². The molecule has 0 aliphatic carbocycles. The molecular weight excluding hydrogens is 324 g/mol. The van der Waals surface area contributed by atoms with Gasteiger partial charge in [-0.3, -0.25) is 4.79 Å². The van der Waals surface area contributed by atoms with Crippen LogP contribution in [-0.4, -0.2) is 37.0 Å². The van der Waals surface area contributed by atoms with Crippen molar-refractivity contribution < 1.29 is 13.2 Å². The van der Waals surface area contributed by atoms with E-state index in [9.17, 15) is 13.2 Å². The summed E-state index contributed by atoms with van der Waals surface area (Å²) in [4.78, 5) is 12.1. The highest BCUT2D eigenvalue weighted by Crippen LogP contribution is 2.23. The number of rotatable bonds is 5. The number of sulfonamides is 1. The molecule has 0 bridgehead atoms. The van der Waals surface area contributed by atoms with E-state index < -0.39 is 15.6 Å². The van der Waals surface area contributed by atoms with Gasteiger partial charge in [-0.15, -0.1) is 0 Å². The van der Waals surface area contributed by atoms with Crippen LogP contribution in [0.25, 0.3) is 0 Å². The van der Waals surface area contributed by atoms with Crippen molar-refractivity contribution in [3.05, 3.63) is 28.8 Å². The molecule has 0 aliphatic heterocycles. The standard InChI is InChI=1S/C15H23ClN2O3S/c1-11-12(16)7-6-8-13(11)17-14(19)9-10-18(15(2,3)4)22(5,20)21/h6-8H,9-10H2,1-5H3,(H,17,19). The molecule has 0 saturated carbocycles. The van der Waals surface area contributed by atoms with E-state index in [1.807, 2.05) is 6.92 Å². The first-order valence-corrected chi connectivity index (χ1v) is 9.18. The first-order chi connectivity index (χ1) is 9.93. The minimum absolute atomic E-state index is 0.0797. The summed E-state index contributed by atoms with van der Waals surface area (Å²) >= 11 is 6.01. The monoisotopic (exact) mass is 346 g/mol. The molecule has 0 aliphatic rings. The Morgan fingerprint density at radius 1 is 1.32 bits per heavy atom. The average Bonchev–Trinajstić information content (AvgIpc) is 2.31.